The van der Waals surface area contributed by atoms with E-state index in [2.05, 4.69) is 0 Å². The van der Waals surface area contributed by atoms with Crippen LogP contribution in [-0.4, -0.2) is 34.0 Å². The van der Waals surface area contributed by atoms with E-state index in [0.29, 0.717) is 11.5 Å². The Hall–Kier alpha value is 0.0700. The second-order valence-corrected chi connectivity index (χ2v) is 5.88. The lowest BCUT2D eigenvalue weighted by atomic mass is 10.1. The van der Waals surface area contributed by atoms with Crippen molar-refractivity contribution in [3.05, 3.63) is 0 Å². The maximum atomic E-state index is 11.6. The first-order chi connectivity index (χ1) is 5.97. The maximum absolute atomic E-state index is 11.6. The number of hydrogen-bond donors (Lipinski definition) is 1. The number of ether oxygens (including phenoxy) is 1. The number of nitrogens with two attached hydrogens (primary N) is 1. The molecule has 1 saturated heterocycles. The van der Waals surface area contributed by atoms with Crippen LogP contribution in [0.2, 0.25) is 0 Å². The molecular weight excluding hydrogens is 186 g/mol. The average molecular weight is 205 g/mol. The van der Waals surface area contributed by atoms with Crippen molar-refractivity contribution >= 4 is 10.8 Å². The van der Waals surface area contributed by atoms with Gasteiger partial charge < -0.3 is 10.5 Å². The third-order valence-corrected chi connectivity index (χ3v) is 3.74. The van der Waals surface area contributed by atoms with Crippen molar-refractivity contribution < 1.29 is 8.95 Å². The highest BCUT2D eigenvalue weighted by Gasteiger charge is 2.21. The second kappa shape index (κ2) is 4.53. The molecule has 0 aromatic rings. The molecule has 2 unspecified atom stereocenters. The fraction of sp³-hybridized carbons (Fsp3) is 1.00. The molecule has 0 bridgehead atoms. The van der Waals surface area contributed by atoms with Crippen LogP contribution < -0.4 is 5.73 Å². The molecule has 1 fully saturated rings. The summed E-state index contributed by atoms with van der Waals surface area (Å²) in [6, 6.07) is 0. The van der Waals surface area contributed by atoms with Crippen molar-refractivity contribution in [1.82, 2.24) is 0 Å². The third-order valence-electron chi connectivity index (χ3n) is 1.93. The van der Waals surface area contributed by atoms with Gasteiger partial charge in [0, 0.05) is 34.5 Å². The molecule has 1 aliphatic rings. The Kier molecular flexibility index (Phi) is 3.88. The lowest BCUT2D eigenvalue weighted by Crippen LogP contribution is -2.39. The Morgan fingerprint density at radius 1 is 1.62 bits per heavy atom. The normalized spacial score (nSPS) is 26.2. The highest BCUT2D eigenvalue weighted by Crippen LogP contribution is 2.13. The van der Waals surface area contributed by atoms with Gasteiger partial charge in [-0.3, -0.25) is 4.21 Å². The minimum absolute atomic E-state index is 0.211. The van der Waals surface area contributed by atoms with E-state index in [1.54, 1.807) is 0 Å². The summed E-state index contributed by atoms with van der Waals surface area (Å²) in [5.74, 6) is 1.22. The van der Waals surface area contributed by atoms with Gasteiger partial charge in [-0.2, -0.15) is 0 Å². The molecule has 2 N–H and O–H groups in total. The van der Waals surface area contributed by atoms with Gasteiger partial charge in [0.15, 0.2) is 0 Å². The van der Waals surface area contributed by atoms with Crippen LogP contribution in [0.1, 0.15) is 26.7 Å². The van der Waals surface area contributed by atoms with E-state index in [0.717, 1.165) is 19.4 Å². The largest absolute Gasteiger partial charge is 0.377 e. The van der Waals surface area contributed by atoms with Crippen molar-refractivity contribution in [3.63, 3.8) is 0 Å². The zero-order valence-corrected chi connectivity index (χ0v) is 9.23. The molecule has 2 atom stereocenters. The van der Waals surface area contributed by atoms with Crippen LogP contribution in [-0.2, 0) is 15.5 Å². The Morgan fingerprint density at radius 3 is 2.77 bits per heavy atom. The zero-order chi connectivity index (χ0) is 9.90. The predicted molar refractivity (Wildman–Crippen MR) is 55.1 cm³/mol. The lowest BCUT2D eigenvalue weighted by Gasteiger charge is -2.18. The van der Waals surface area contributed by atoms with Gasteiger partial charge in [0.2, 0.25) is 0 Å². The van der Waals surface area contributed by atoms with E-state index in [1.807, 2.05) is 13.8 Å². The number of rotatable bonds is 4. The molecule has 4 heteroatoms. The minimum atomic E-state index is -0.829. The summed E-state index contributed by atoms with van der Waals surface area (Å²) in [6.45, 7) is 4.63. The van der Waals surface area contributed by atoms with E-state index in [9.17, 15) is 4.21 Å². The van der Waals surface area contributed by atoms with Gasteiger partial charge in [-0.05, 0) is 26.7 Å². The molecule has 0 aromatic heterocycles. The molecule has 13 heavy (non-hydrogen) atoms. The van der Waals surface area contributed by atoms with E-state index in [-0.39, 0.29) is 11.6 Å². The molecule has 78 valence electrons. The molecule has 1 heterocycles. The SMILES string of the molecule is CC(C)(N)CS(=O)CC1CCCO1. The summed E-state index contributed by atoms with van der Waals surface area (Å²) in [5, 5.41) is 0. The average Bonchev–Trinajstić information content (AvgIpc) is 2.34. The summed E-state index contributed by atoms with van der Waals surface area (Å²) < 4.78 is 17.0. The van der Waals surface area contributed by atoms with Gasteiger partial charge >= 0.3 is 0 Å². The second-order valence-electron chi connectivity index (χ2n) is 4.37. The molecule has 0 saturated carbocycles. The van der Waals surface area contributed by atoms with Gasteiger partial charge in [-0.25, -0.2) is 0 Å². The summed E-state index contributed by atoms with van der Waals surface area (Å²) >= 11 is 0. The van der Waals surface area contributed by atoms with Gasteiger partial charge in [-0.1, -0.05) is 0 Å². The Morgan fingerprint density at radius 2 is 2.31 bits per heavy atom. The predicted octanol–water partition coefficient (Wildman–Crippen LogP) is 0.651. The van der Waals surface area contributed by atoms with E-state index >= 15 is 0 Å². The van der Waals surface area contributed by atoms with Gasteiger partial charge in [0.05, 0.1) is 6.10 Å². The maximum Gasteiger partial charge on any atom is 0.0691 e. The standard InChI is InChI=1S/C9H19NO2S/c1-9(2,10)7-13(11)6-8-4-3-5-12-8/h8H,3-7,10H2,1-2H3. The molecule has 0 aliphatic carbocycles. The summed E-state index contributed by atoms with van der Waals surface area (Å²) in [7, 11) is -0.829. The van der Waals surface area contributed by atoms with Crippen molar-refractivity contribution in [2.24, 2.45) is 5.73 Å². The fourth-order valence-corrected chi connectivity index (χ4v) is 3.08. The zero-order valence-electron chi connectivity index (χ0n) is 8.41. The first-order valence-electron chi connectivity index (χ1n) is 4.73. The monoisotopic (exact) mass is 205 g/mol. The first kappa shape index (κ1) is 11.1. The van der Waals surface area contributed by atoms with Crippen LogP contribution in [0.3, 0.4) is 0 Å². The molecule has 1 aliphatic heterocycles. The van der Waals surface area contributed by atoms with E-state index in [4.69, 9.17) is 10.5 Å². The van der Waals surface area contributed by atoms with Crippen molar-refractivity contribution in [3.8, 4) is 0 Å². The molecule has 1 rings (SSSR count). The van der Waals surface area contributed by atoms with Gasteiger partial charge in [0.1, 0.15) is 0 Å². The van der Waals surface area contributed by atoms with Crippen LogP contribution >= 0.6 is 0 Å². The number of hydrogen-bond acceptors (Lipinski definition) is 3. The van der Waals surface area contributed by atoms with Crippen LogP contribution in [0.15, 0.2) is 0 Å². The third kappa shape index (κ3) is 4.74. The van der Waals surface area contributed by atoms with E-state index in [1.165, 1.54) is 0 Å². The Labute approximate surface area is 82.5 Å². The molecule has 0 amide bonds. The molecule has 0 radical (unpaired) electrons. The summed E-state index contributed by atoms with van der Waals surface area (Å²) in [6.07, 6.45) is 2.37. The highest BCUT2D eigenvalue weighted by molar-refractivity contribution is 7.85. The summed E-state index contributed by atoms with van der Waals surface area (Å²) in [5.41, 5.74) is 5.45. The van der Waals surface area contributed by atoms with E-state index < -0.39 is 10.8 Å². The van der Waals surface area contributed by atoms with Crippen LogP contribution in [0.4, 0.5) is 0 Å². The quantitative estimate of drug-likeness (QED) is 0.733. The molecule has 0 spiro atoms. The molecule has 3 nitrogen and oxygen atoms in total. The smallest absolute Gasteiger partial charge is 0.0691 e. The van der Waals surface area contributed by atoms with Gasteiger partial charge in [-0.15, -0.1) is 0 Å². The summed E-state index contributed by atoms with van der Waals surface area (Å²) in [4.78, 5) is 0. The van der Waals surface area contributed by atoms with Crippen molar-refractivity contribution in [2.75, 3.05) is 18.1 Å². The first-order valence-corrected chi connectivity index (χ1v) is 6.22. The van der Waals surface area contributed by atoms with Crippen molar-refractivity contribution in [1.29, 1.82) is 0 Å². The highest BCUT2D eigenvalue weighted by atomic mass is 32.2. The molecule has 0 aromatic carbocycles. The lowest BCUT2D eigenvalue weighted by molar-refractivity contribution is 0.128. The Bertz CT molecular complexity index is 183. The van der Waals surface area contributed by atoms with Gasteiger partial charge in [0.25, 0.3) is 0 Å². The fourth-order valence-electron chi connectivity index (χ4n) is 1.46. The molecular formula is C9H19NO2S. The topological polar surface area (TPSA) is 52.3 Å². The Balaban J connectivity index is 2.24. The van der Waals surface area contributed by atoms with Crippen LogP contribution in [0.25, 0.3) is 0 Å². The van der Waals surface area contributed by atoms with Crippen molar-refractivity contribution in [2.45, 2.75) is 38.3 Å². The minimum Gasteiger partial charge on any atom is -0.377 e. The van der Waals surface area contributed by atoms with Crippen LogP contribution in [0, 0.1) is 0 Å². The van der Waals surface area contributed by atoms with Crippen LogP contribution in [0.5, 0.6) is 0 Å².